The van der Waals surface area contributed by atoms with Gasteiger partial charge in [-0.3, -0.25) is 4.79 Å². The monoisotopic (exact) mass is 440 g/mol. The standard InChI is InChI=1S/C24H22F2N2O4/c1-12-16-5-2-13(10-14(16)8-9-27-12)17-6-7-18-20(22(17)32-24(25)26)28(15-3-4-15)11-19(21(18)29)23(30)31/h2,5-7,10-12,15,24,27H,3-4,8-9H2,1H3,(H,30,31). The summed E-state index contributed by atoms with van der Waals surface area (Å²) in [4.78, 5) is 24.4. The predicted molar refractivity (Wildman–Crippen MR) is 116 cm³/mol. The molecule has 0 radical (unpaired) electrons. The van der Waals surface area contributed by atoms with Crippen molar-refractivity contribution in [3.8, 4) is 16.9 Å². The van der Waals surface area contributed by atoms with Crippen LogP contribution in [-0.2, 0) is 6.42 Å². The normalized spacial score (nSPS) is 18.1. The Labute approximate surface area is 182 Å². The maximum Gasteiger partial charge on any atom is 0.387 e. The van der Waals surface area contributed by atoms with Gasteiger partial charge in [0, 0.05) is 23.8 Å². The molecule has 2 N–H and O–H groups in total. The van der Waals surface area contributed by atoms with Crippen LogP contribution in [0.1, 0.15) is 53.3 Å². The lowest BCUT2D eigenvalue weighted by Crippen LogP contribution is -2.27. The molecule has 0 bridgehead atoms. The number of hydrogen-bond donors (Lipinski definition) is 2. The average Bonchev–Trinajstić information content (AvgIpc) is 3.59. The van der Waals surface area contributed by atoms with Gasteiger partial charge in [0.15, 0.2) is 5.75 Å². The van der Waals surface area contributed by atoms with Gasteiger partial charge in [0.25, 0.3) is 0 Å². The molecule has 1 aromatic heterocycles. The number of aromatic carboxylic acids is 1. The Morgan fingerprint density at radius 3 is 2.72 bits per heavy atom. The van der Waals surface area contributed by atoms with Crippen molar-refractivity contribution in [2.45, 2.75) is 44.9 Å². The molecule has 1 unspecified atom stereocenters. The highest BCUT2D eigenvalue weighted by Crippen LogP contribution is 2.43. The number of alkyl halides is 2. The second-order valence-electron chi connectivity index (χ2n) is 8.37. The molecule has 2 heterocycles. The highest BCUT2D eigenvalue weighted by molar-refractivity contribution is 5.97. The van der Waals surface area contributed by atoms with Gasteiger partial charge in [0.1, 0.15) is 5.56 Å². The highest BCUT2D eigenvalue weighted by Gasteiger charge is 2.30. The van der Waals surface area contributed by atoms with Gasteiger partial charge in [-0.25, -0.2) is 4.79 Å². The Kier molecular flexibility index (Phi) is 4.97. The number of carboxylic acids is 1. The van der Waals surface area contributed by atoms with Gasteiger partial charge in [-0.05, 0) is 61.6 Å². The molecule has 0 amide bonds. The van der Waals surface area contributed by atoms with Gasteiger partial charge >= 0.3 is 12.6 Å². The van der Waals surface area contributed by atoms with Crippen LogP contribution in [0.5, 0.6) is 5.75 Å². The first kappa shape index (κ1) is 20.6. The van der Waals surface area contributed by atoms with Gasteiger partial charge in [0.2, 0.25) is 5.43 Å². The molecule has 1 aliphatic heterocycles. The smallest absolute Gasteiger partial charge is 0.387 e. The number of hydrogen-bond acceptors (Lipinski definition) is 4. The van der Waals surface area contributed by atoms with Crippen LogP contribution in [0.25, 0.3) is 22.0 Å². The number of nitrogens with one attached hydrogen (secondary N) is 1. The summed E-state index contributed by atoms with van der Waals surface area (Å²) >= 11 is 0. The Morgan fingerprint density at radius 2 is 2.03 bits per heavy atom. The summed E-state index contributed by atoms with van der Waals surface area (Å²) in [6, 6.07) is 9.07. The minimum atomic E-state index is -3.09. The predicted octanol–water partition coefficient (Wildman–Crippen LogP) is 4.51. The molecule has 1 fully saturated rings. The number of benzene rings is 2. The number of nitrogens with zero attached hydrogens (tertiary/aromatic N) is 1. The second kappa shape index (κ2) is 7.70. The van der Waals surface area contributed by atoms with E-state index in [1.807, 2.05) is 18.2 Å². The molecule has 8 heteroatoms. The number of aromatic nitrogens is 1. The van der Waals surface area contributed by atoms with E-state index in [-0.39, 0.29) is 34.3 Å². The number of carbonyl (C=O) groups is 1. The average molecular weight is 440 g/mol. The van der Waals surface area contributed by atoms with Crippen LogP contribution in [0, 0.1) is 0 Å². The van der Waals surface area contributed by atoms with Crippen LogP contribution in [-0.4, -0.2) is 28.8 Å². The summed E-state index contributed by atoms with van der Waals surface area (Å²) in [6.45, 7) is -0.189. The molecule has 2 aliphatic rings. The Morgan fingerprint density at radius 1 is 1.25 bits per heavy atom. The first-order valence-electron chi connectivity index (χ1n) is 10.6. The Bertz CT molecular complexity index is 1300. The molecule has 2 aromatic carbocycles. The SMILES string of the molecule is CC1NCCc2cc(-c3ccc4c(=O)c(C(=O)O)cn(C5CC5)c4c3OC(F)F)ccc21. The van der Waals surface area contributed by atoms with Crippen molar-refractivity contribution in [2.24, 2.45) is 0 Å². The van der Waals surface area contributed by atoms with Crippen LogP contribution < -0.4 is 15.5 Å². The summed E-state index contributed by atoms with van der Waals surface area (Å²) < 4.78 is 33.6. The van der Waals surface area contributed by atoms with E-state index in [1.54, 1.807) is 10.6 Å². The molecule has 1 atom stereocenters. The lowest BCUT2D eigenvalue weighted by molar-refractivity contribution is -0.0486. The van der Waals surface area contributed by atoms with E-state index in [0.717, 1.165) is 36.9 Å². The largest absolute Gasteiger partial charge is 0.477 e. The maximum atomic E-state index is 13.5. The van der Waals surface area contributed by atoms with E-state index in [4.69, 9.17) is 4.74 Å². The van der Waals surface area contributed by atoms with Crippen molar-refractivity contribution >= 4 is 16.9 Å². The van der Waals surface area contributed by atoms with Crippen molar-refractivity contribution in [1.29, 1.82) is 0 Å². The summed E-state index contributed by atoms with van der Waals surface area (Å²) in [5.41, 5.74) is 2.59. The van der Waals surface area contributed by atoms with Crippen LogP contribution in [0.4, 0.5) is 8.78 Å². The van der Waals surface area contributed by atoms with Gasteiger partial charge < -0.3 is 19.7 Å². The summed E-state index contributed by atoms with van der Waals surface area (Å²) in [6.07, 6.45) is 3.63. The molecular formula is C24H22F2N2O4. The third-order valence-electron chi connectivity index (χ3n) is 6.29. The molecule has 3 aromatic rings. The molecular weight excluding hydrogens is 418 g/mol. The lowest BCUT2D eigenvalue weighted by Gasteiger charge is -2.25. The number of ether oxygens (including phenoxy) is 1. The van der Waals surface area contributed by atoms with E-state index in [9.17, 15) is 23.5 Å². The summed E-state index contributed by atoms with van der Waals surface area (Å²) in [5, 5.41) is 12.9. The zero-order valence-corrected chi connectivity index (χ0v) is 17.4. The first-order chi connectivity index (χ1) is 15.3. The Hall–Kier alpha value is -3.26. The first-order valence-corrected chi connectivity index (χ1v) is 10.6. The zero-order valence-electron chi connectivity index (χ0n) is 17.4. The van der Waals surface area contributed by atoms with E-state index >= 15 is 0 Å². The molecule has 0 spiro atoms. The third-order valence-corrected chi connectivity index (χ3v) is 6.29. The van der Waals surface area contributed by atoms with Gasteiger partial charge in [-0.2, -0.15) is 8.78 Å². The van der Waals surface area contributed by atoms with Crippen LogP contribution >= 0.6 is 0 Å². The summed E-state index contributed by atoms with van der Waals surface area (Å²) in [7, 11) is 0. The van der Waals surface area contributed by atoms with Crippen molar-refractivity contribution in [2.75, 3.05) is 6.54 Å². The minimum absolute atomic E-state index is 0.0538. The van der Waals surface area contributed by atoms with Crippen LogP contribution in [0.15, 0.2) is 41.3 Å². The van der Waals surface area contributed by atoms with Crippen LogP contribution in [0.2, 0.25) is 0 Å². The number of carboxylic acid groups (broad SMARTS) is 1. The van der Waals surface area contributed by atoms with Crippen molar-refractivity contribution in [3.63, 3.8) is 0 Å². The van der Waals surface area contributed by atoms with Gasteiger partial charge in [-0.15, -0.1) is 0 Å². The molecule has 166 valence electrons. The molecule has 1 aliphatic carbocycles. The quantitative estimate of drug-likeness (QED) is 0.610. The van der Waals surface area contributed by atoms with Gasteiger partial charge in [-0.1, -0.05) is 18.2 Å². The van der Waals surface area contributed by atoms with Crippen LogP contribution in [0.3, 0.4) is 0 Å². The van der Waals surface area contributed by atoms with Crippen molar-refractivity contribution in [1.82, 2.24) is 9.88 Å². The number of fused-ring (bicyclic) bond motifs is 2. The van der Waals surface area contributed by atoms with Crippen molar-refractivity contribution in [3.05, 3.63) is 63.4 Å². The fourth-order valence-corrected chi connectivity index (χ4v) is 4.59. The number of pyridine rings is 1. The summed E-state index contributed by atoms with van der Waals surface area (Å²) in [5.74, 6) is -1.44. The fourth-order valence-electron chi connectivity index (χ4n) is 4.59. The van der Waals surface area contributed by atoms with E-state index in [2.05, 4.69) is 12.2 Å². The van der Waals surface area contributed by atoms with Gasteiger partial charge in [0.05, 0.1) is 10.9 Å². The molecule has 0 saturated heterocycles. The zero-order chi connectivity index (χ0) is 22.6. The fraction of sp³-hybridized carbons (Fsp3) is 0.333. The highest BCUT2D eigenvalue weighted by atomic mass is 19.3. The third kappa shape index (κ3) is 3.44. The topological polar surface area (TPSA) is 80.6 Å². The lowest BCUT2D eigenvalue weighted by atomic mass is 9.91. The van der Waals surface area contributed by atoms with Crippen molar-refractivity contribution < 1.29 is 23.4 Å². The molecule has 32 heavy (non-hydrogen) atoms. The van der Waals surface area contributed by atoms with E-state index < -0.39 is 18.0 Å². The van der Waals surface area contributed by atoms with E-state index in [0.29, 0.717) is 11.1 Å². The number of halogens is 2. The molecule has 5 rings (SSSR count). The second-order valence-corrected chi connectivity index (χ2v) is 8.37. The minimum Gasteiger partial charge on any atom is -0.477 e. The maximum absolute atomic E-state index is 13.5. The number of rotatable bonds is 5. The van der Waals surface area contributed by atoms with E-state index in [1.165, 1.54) is 12.3 Å². The Balaban J connectivity index is 1.79. The molecule has 6 nitrogen and oxygen atoms in total. The molecule has 1 saturated carbocycles.